The molecule has 0 spiro atoms. The molecule has 0 saturated heterocycles. The summed E-state index contributed by atoms with van der Waals surface area (Å²) in [6, 6.07) is 9.37. The lowest BCUT2D eigenvalue weighted by Gasteiger charge is -2.20. The second-order valence-electron chi connectivity index (χ2n) is 6.49. The maximum atomic E-state index is 12.6. The smallest absolute Gasteiger partial charge is 0.341 e. The fraction of sp³-hybridized carbons (Fsp3) is 0.286. The number of nitrogens with zero attached hydrogens (tertiary/aromatic N) is 2. The summed E-state index contributed by atoms with van der Waals surface area (Å²) in [5.41, 5.74) is 3.15. The molecule has 0 fully saturated rings. The maximum Gasteiger partial charge on any atom is 0.341 e. The van der Waals surface area contributed by atoms with Gasteiger partial charge in [-0.25, -0.2) is 14.8 Å². The minimum Gasteiger partial charge on any atom is -0.486 e. The molecule has 1 N–H and O–H groups in total. The molecular weight excluding hydrogens is 394 g/mol. The number of hydrogen-bond acceptors (Lipinski definition) is 7. The fourth-order valence-electron chi connectivity index (χ4n) is 3.00. The number of hydrogen-bond donors (Lipinski definition) is 1. The number of carbonyl (C=O) groups excluding carboxylic acids is 1. The van der Waals surface area contributed by atoms with E-state index in [9.17, 15) is 4.79 Å². The fourth-order valence-corrected chi connectivity index (χ4v) is 3.00. The zero-order chi connectivity index (χ0) is 19.5. The number of carbonyl (C=O) groups is 1. The van der Waals surface area contributed by atoms with Crippen LogP contribution in [0.2, 0.25) is 0 Å². The van der Waals surface area contributed by atoms with Gasteiger partial charge in [-0.1, -0.05) is 6.92 Å². The number of esters is 1. The third-order valence-corrected chi connectivity index (χ3v) is 4.34. The summed E-state index contributed by atoms with van der Waals surface area (Å²) in [5.74, 6) is 0.951. The quantitative estimate of drug-likeness (QED) is 0.616. The summed E-state index contributed by atoms with van der Waals surface area (Å²) in [7, 11) is 0. The number of benzene rings is 1. The van der Waals surface area contributed by atoms with Crippen molar-refractivity contribution in [1.82, 2.24) is 9.97 Å². The molecule has 7 nitrogen and oxygen atoms in total. The molecule has 0 saturated carbocycles. The van der Waals surface area contributed by atoms with E-state index in [0.717, 1.165) is 23.2 Å². The number of anilines is 2. The van der Waals surface area contributed by atoms with Gasteiger partial charge < -0.3 is 19.5 Å². The van der Waals surface area contributed by atoms with Crippen LogP contribution in [-0.4, -0.2) is 35.8 Å². The van der Waals surface area contributed by atoms with E-state index in [-0.39, 0.29) is 12.4 Å². The Labute approximate surface area is 174 Å². The van der Waals surface area contributed by atoms with Crippen LogP contribution < -0.4 is 14.8 Å². The lowest BCUT2D eigenvalue weighted by Crippen LogP contribution is -2.15. The molecule has 4 rings (SSSR count). The van der Waals surface area contributed by atoms with Gasteiger partial charge in [0.1, 0.15) is 18.8 Å². The number of rotatable bonds is 5. The highest BCUT2D eigenvalue weighted by atomic mass is 35.5. The molecule has 0 atom stereocenters. The van der Waals surface area contributed by atoms with Crippen LogP contribution in [0.3, 0.4) is 0 Å². The van der Waals surface area contributed by atoms with E-state index in [1.807, 2.05) is 44.2 Å². The molecule has 0 unspecified atom stereocenters. The van der Waals surface area contributed by atoms with E-state index in [2.05, 4.69) is 15.3 Å². The number of aryl methyl sites for hydroxylation is 1. The van der Waals surface area contributed by atoms with Crippen molar-refractivity contribution in [2.45, 2.75) is 20.3 Å². The molecule has 1 aromatic carbocycles. The molecule has 152 valence electrons. The normalized spacial score (nSPS) is 12.2. The Morgan fingerprint density at radius 3 is 2.76 bits per heavy atom. The van der Waals surface area contributed by atoms with Crippen LogP contribution in [0.15, 0.2) is 36.5 Å². The van der Waals surface area contributed by atoms with Gasteiger partial charge in [0.25, 0.3) is 0 Å². The van der Waals surface area contributed by atoms with Crippen molar-refractivity contribution < 1.29 is 19.0 Å². The largest absolute Gasteiger partial charge is 0.486 e. The predicted octanol–water partition coefficient (Wildman–Crippen LogP) is 4.44. The van der Waals surface area contributed by atoms with Gasteiger partial charge in [-0.15, -0.1) is 12.4 Å². The zero-order valence-electron chi connectivity index (χ0n) is 16.2. The number of halogens is 1. The first-order chi connectivity index (χ1) is 13.7. The highest BCUT2D eigenvalue weighted by Gasteiger charge is 2.19. The molecule has 8 heteroatoms. The Balaban J connectivity index is 0.00000240. The number of aromatic nitrogens is 2. The van der Waals surface area contributed by atoms with Gasteiger partial charge in [-0.05, 0) is 37.6 Å². The van der Waals surface area contributed by atoms with Crippen molar-refractivity contribution in [2.75, 3.05) is 25.1 Å². The third-order valence-electron chi connectivity index (χ3n) is 4.34. The molecule has 0 aliphatic carbocycles. The van der Waals surface area contributed by atoms with Crippen molar-refractivity contribution in [3.63, 3.8) is 0 Å². The Hall–Kier alpha value is -3.06. The van der Waals surface area contributed by atoms with E-state index in [4.69, 9.17) is 14.2 Å². The van der Waals surface area contributed by atoms with Crippen molar-refractivity contribution >= 4 is 40.8 Å². The first-order valence-corrected chi connectivity index (χ1v) is 9.26. The number of nitrogens with one attached hydrogen (secondary N) is 1. The summed E-state index contributed by atoms with van der Waals surface area (Å²) in [6.07, 6.45) is 2.26. The summed E-state index contributed by atoms with van der Waals surface area (Å²) >= 11 is 0. The molecule has 1 aliphatic rings. The van der Waals surface area contributed by atoms with Gasteiger partial charge in [0.05, 0.1) is 12.3 Å². The minimum atomic E-state index is -0.420. The zero-order valence-corrected chi connectivity index (χ0v) is 17.0. The van der Waals surface area contributed by atoms with Crippen LogP contribution in [0.1, 0.15) is 29.4 Å². The monoisotopic (exact) mass is 415 g/mol. The van der Waals surface area contributed by atoms with Crippen LogP contribution in [0, 0.1) is 6.92 Å². The second kappa shape index (κ2) is 8.96. The lowest BCUT2D eigenvalue weighted by molar-refractivity contribution is 0.0506. The highest BCUT2D eigenvalue weighted by molar-refractivity contribution is 6.05. The summed E-state index contributed by atoms with van der Waals surface area (Å²) in [6.45, 7) is 5.25. The topological polar surface area (TPSA) is 82.6 Å². The molecule has 0 amide bonds. The van der Waals surface area contributed by atoms with E-state index >= 15 is 0 Å². The molecular formula is C21H22ClN3O4. The van der Waals surface area contributed by atoms with Gasteiger partial charge in [-0.2, -0.15) is 0 Å². The number of fused-ring (bicyclic) bond motifs is 2. The highest BCUT2D eigenvalue weighted by Crippen LogP contribution is 2.35. The maximum absolute atomic E-state index is 12.6. The van der Waals surface area contributed by atoms with Crippen LogP contribution in [0.5, 0.6) is 11.5 Å². The first kappa shape index (κ1) is 20.7. The van der Waals surface area contributed by atoms with Gasteiger partial charge in [0.2, 0.25) is 0 Å². The summed E-state index contributed by atoms with van der Waals surface area (Å²) < 4.78 is 16.6. The van der Waals surface area contributed by atoms with E-state index in [1.165, 1.54) is 6.20 Å². The van der Waals surface area contributed by atoms with Crippen molar-refractivity contribution in [3.8, 4) is 11.5 Å². The van der Waals surface area contributed by atoms with Crippen LogP contribution in [-0.2, 0) is 4.74 Å². The predicted molar refractivity (Wildman–Crippen MR) is 113 cm³/mol. The van der Waals surface area contributed by atoms with E-state index in [1.54, 1.807) is 0 Å². The van der Waals surface area contributed by atoms with Crippen molar-refractivity contribution in [1.29, 1.82) is 0 Å². The third kappa shape index (κ3) is 4.35. The van der Waals surface area contributed by atoms with E-state index in [0.29, 0.717) is 48.2 Å². The molecule has 3 aromatic rings. The van der Waals surface area contributed by atoms with Crippen LogP contribution in [0.25, 0.3) is 11.0 Å². The number of ether oxygens (including phenoxy) is 3. The van der Waals surface area contributed by atoms with Crippen LogP contribution >= 0.6 is 12.4 Å². The van der Waals surface area contributed by atoms with Gasteiger partial charge in [-0.3, -0.25) is 0 Å². The SMILES string of the molecule is CCCOC(=O)c1cnc2nc(C)ccc2c1Nc1ccc2c(c1)OCCO2.Cl. The molecule has 0 radical (unpaired) electrons. The Bertz CT molecular complexity index is 1040. The molecule has 0 bridgehead atoms. The lowest BCUT2D eigenvalue weighted by atomic mass is 10.1. The standard InChI is InChI=1S/C21H21N3O4.ClH/c1-3-8-28-21(25)16-12-22-20-15(6-4-13(2)23-20)19(16)24-14-5-7-17-18(11-14)27-10-9-26-17;/h4-7,11-12H,3,8-10H2,1-2H3,(H,22,23,24);1H. The average Bonchev–Trinajstić information content (AvgIpc) is 2.72. The van der Waals surface area contributed by atoms with Crippen LogP contribution in [0.4, 0.5) is 11.4 Å². The Morgan fingerprint density at radius 1 is 1.17 bits per heavy atom. The number of pyridine rings is 2. The molecule has 2 aromatic heterocycles. The summed E-state index contributed by atoms with van der Waals surface area (Å²) in [5, 5.41) is 4.07. The van der Waals surface area contributed by atoms with Gasteiger partial charge in [0.15, 0.2) is 17.1 Å². The molecule has 29 heavy (non-hydrogen) atoms. The first-order valence-electron chi connectivity index (χ1n) is 9.26. The van der Waals surface area contributed by atoms with Gasteiger partial charge >= 0.3 is 5.97 Å². The minimum absolute atomic E-state index is 0. The molecule has 3 heterocycles. The second-order valence-corrected chi connectivity index (χ2v) is 6.49. The summed E-state index contributed by atoms with van der Waals surface area (Å²) in [4.78, 5) is 21.4. The molecule has 1 aliphatic heterocycles. The Kier molecular flexibility index (Phi) is 6.39. The average molecular weight is 416 g/mol. The van der Waals surface area contributed by atoms with Crippen molar-refractivity contribution in [3.05, 3.63) is 47.8 Å². The Morgan fingerprint density at radius 2 is 1.97 bits per heavy atom. The van der Waals surface area contributed by atoms with Crippen molar-refractivity contribution in [2.24, 2.45) is 0 Å². The van der Waals surface area contributed by atoms with Gasteiger partial charge in [0, 0.05) is 29.0 Å². The van der Waals surface area contributed by atoms with E-state index < -0.39 is 5.97 Å².